The number of hydrogen-bond acceptors (Lipinski definition) is 1. The highest BCUT2D eigenvalue weighted by Crippen LogP contribution is 2.40. The SMILES string of the molecule is CC(=O)[C@@H]1CC[C@@H](C(C)(F)F)C1. The molecule has 12 heavy (non-hydrogen) atoms. The van der Waals surface area contributed by atoms with Crippen LogP contribution in [0.3, 0.4) is 0 Å². The number of Topliss-reactive ketones (excluding diaryl/α,β-unsaturated/α-hetero) is 1. The number of hydrogen-bond donors (Lipinski definition) is 0. The largest absolute Gasteiger partial charge is 0.300 e. The van der Waals surface area contributed by atoms with Crippen molar-refractivity contribution in [2.45, 2.75) is 39.0 Å². The fourth-order valence-electron chi connectivity index (χ4n) is 1.81. The van der Waals surface area contributed by atoms with Crippen molar-refractivity contribution >= 4 is 5.78 Å². The Hall–Kier alpha value is -0.470. The van der Waals surface area contributed by atoms with Gasteiger partial charge >= 0.3 is 0 Å². The van der Waals surface area contributed by atoms with Crippen molar-refractivity contribution < 1.29 is 13.6 Å². The first-order chi connectivity index (χ1) is 5.41. The molecule has 0 unspecified atom stereocenters. The summed E-state index contributed by atoms with van der Waals surface area (Å²) in [6.07, 6.45) is 1.51. The lowest BCUT2D eigenvalue weighted by atomic mass is 9.98. The third-order valence-corrected chi connectivity index (χ3v) is 2.72. The average Bonchev–Trinajstić information content (AvgIpc) is 2.30. The minimum Gasteiger partial charge on any atom is -0.300 e. The van der Waals surface area contributed by atoms with Crippen LogP contribution in [0.4, 0.5) is 8.78 Å². The predicted octanol–water partition coefficient (Wildman–Crippen LogP) is 2.65. The molecule has 70 valence electrons. The third-order valence-electron chi connectivity index (χ3n) is 2.72. The number of rotatable bonds is 2. The molecule has 0 heterocycles. The van der Waals surface area contributed by atoms with E-state index in [-0.39, 0.29) is 11.7 Å². The molecule has 2 atom stereocenters. The van der Waals surface area contributed by atoms with Crippen LogP contribution < -0.4 is 0 Å². The Bertz CT molecular complexity index is 183. The highest BCUT2D eigenvalue weighted by Gasteiger charge is 2.40. The van der Waals surface area contributed by atoms with Gasteiger partial charge in [-0.05, 0) is 33.1 Å². The zero-order valence-corrected chi connectivity index (χ0v) is 7.44. The van der Waals surface area contributed by atoms with E-state index >= 15 is 0 Å². The number of ketones is 1. The van der Waals surface area contributed by atoms with Crippen LogP contribution in [0.5, 0.6) is 0 Å². The van der Waals surface area contributed by atoms with Gasteiger partial charge in [-0.25, -0.2) is 8.78 Å². The van der Waals surface area contributed by atoms with Crippen LogP contribution in [-0.4, -0.2) is 11.7 Å². The van der Waals surface area contributed by atoms with E-state index < -0.39 is 11.8 Å². The van der Waals surface area contributed by atoms with Gasteiger partial charge in [0.05, 0.1) is 0 Å². The smallest absolute Gasteiger partial charge is 0.248 e. The lowest BCUT2D eigenvalue weighted by molar-refractivity contribution is -0.120. The molecule has 1 aliphatic rings. The summed E-state index contributed by atoms with van der Waals surface area (Å²) in [5, 5.41) is 0. The average molecular weight is 176 g/mol. The molecule has 1 fully saturated rings. The van der Waals surface area contributed by atoms with E-state index in [4.69, 9.17) is 0 Å². The van der Waals surface area contributed by atoms with Crippen molar-refractivity contribution in [1.29, 1.82) is 0 Å². The Morgan fingerprint density at radius 2 is 2.00 bits per heavy atom. The van der Waals surface area contributed by atoms with E-state index in [2.05, 4.69) is 0 Å². The fourth-order valence-corrected chi connectivity index (χ4v) is 1.81. The van der Waals surface area contributed by atoms with Gasteiger partial charge in [-0.1, -0.05) is 0 Å². The van der Waals surface area contributed by atoms with Crippen LogP contribution in [0.2, 0.25) is 0 Å². The summed E-state index contributed by atoms with van der Waals surface area (Å²) in [5.74, 6) is -3.24. The molecule has 1 saturated carbocycles. The van der Waals surface area contributed by atoms with E-state index in [0.29, 0.717) is 19.3 Å². The van der Waals surface area contributed by atoms with Gasteiger partial charge in [-0.15, -0.1) is 0 Å². The van der Waals surface area contributed by atoms with Gasteiger partial charge in [-0.3, -0.25) is 4.79 Å². The van der Waals surface area contributed by atoms with Crippen molar-refractivity contribution in [2.24, 2.45) is 11.8 Å². The third kappa shape index (κ3) is 2.02. The molecule has 1 nitrogen and oxygen atoms in total. The van der Waals surface area contributed by atoms with Gasteiger partial charge in [0, 0.05) is 11.8 Å². The van der Waals surface area contributed by atoms with Crippen LogP contribution >= 0.6 is 0 Å². The Labute approximate surface area is 71.1 Å². The molecule has 0 N–H and O–H groups in total. The second kappa shape index (κ2) is 3.11. The Morgan fingerprint density at radius 3 is 2.25 bits per heavy atom. The molecule has 0 spiro atoms. The first-order valence-corrected chi connectivity index (χ1v) is 4.29. The highest BCUT2D eigenvalue weighted by atomic mass is 19.3. The summed E-state index contributed by atoms with van der Waals surface area (Å²) in [5.41, 5.74) is 0. The first kappa shape index (κ1) is 9.62. The molecule has 1 aliphatic carbocycles. The van der Waals surface area contributed by atoms with E-state index in [0.717, 1.165) is 6.92 Å². The molecule has 0 aromatic heterocycles. The molecule has 1 rings (SSSR count). The number of carbonyl (C=O) groups is 1. The van der Waals surface area contributed by atoms with Crippen LogP contribution in [0.15, 0.2) is 0 Å². The van der Waals surface area contributed by atoms with Gasteiger partial charge in [0.15, 0.2) is 0 Å². The molecule has 0 saturated heterocycles. The fraction of sp³-hybridized carbons (Fsp3) is 0.889. The molecular weight excluding hydrogens is 162 g/mol. The Morgan fingerprint density at radius 1 is 1.42 bits per heavy atom. The van der Waals surface area contributed by atoms with Crippen LogP contribution in [0.1, 0.15) is 33.1 Å². The van der Waals surface area contributed by atoms with Gasteiger partial charge in [0.25, 0.3) is 0 Å². The zero-order chi connectivity index (χ0) is 9.35. The van der Waals surface area contributed by atoms with E-state index in [1.54, 1.807) is 0 Å². The lowest BCUT2D eigenvalue weighted by Crippen LogP contribution is -2.22. The highest BCUT2D eigenvalue weighted by molar-refractivity contribution is 5.78. The van der Waals surface area contributed by atoms with Crippen molar-refractivity contribution in [3.63, 3.8) is 0 Å². The Kier molecular flexibility index (Phi) is 2.49. The van der Waals surface area contributed by atoms with Crippen molar-refractivity contribution in [3.05, 3.63) is 0 Å². The number of halogens is 2. The molecule has 0 aromatic rings. The van der Waals surface area contributed by atoms with Crippen LogP contribution in [-0.2, 0) is 4.79 Å². The van der Waals surface area contributed by atoms with Gasteiger partial charge < -0.3 is 0 Å². The molecule has 0 aliphatic heterocycles. The summed E-state index contributed by atoms with van der Waals surface area (Å²) in [4.78, 5) is 10.9. The van der Waals surface area contributed by atoms with Gasteiger partial charge in [-0.2, -0.15) is 0 Å². The van der Waals surface area contributed by atoms with Gasteiger partial charge in [0.1, 0.15) is 5.78 Å². The zero-order valence-electron chi connectivity index (χ0n) is 7.44. The molecule has 0 bridgehead atoms. The topological polar surface area (TPSA) is 17.1 Å². The molecule has 0 radical (unpaired) electrons. The summed E-state index contributed by atoms with van der Waals surface area (Å²) in [7, 11) is 0. The van der Waals surface area contributed by atoms with Crippen molar-refractivity contribution in [2.75, 3.05) is 0 Å². The van der Waals surface area contributed by atoms with E-state index in [1.807, 2.05) is 0 Å². The number of alkyl halides is 2. The second-order valence-corrected chi connectivity index (χ2v) is 3.77. The normalized spacial score (nSPS) is 30.7. The second-order valence-electron chi connectivity index (χ2n) is 3.77. The molecule has 0 amide bonds. The molecule has 0 aromatic carbocycles. The minimum atomic E-state index is -2.61. The van der Waals surface area contributed by atoms with Crippen molar-refractivity contribution in [3.8, 4) is 0 Å². The Balaban J connectivity index is 2.51. The summed E-state index contributed by atoms with van der Waals surface area (Å²) < 4.78 is 25.5. The minimum absolute atomic E-state index is 0.0572. The molecular formula is C9H14F2O. The van der Waals surface area contributed by atoms with Crippen LogP contribution in [0.25, 0.3) is 0 Å². The molecule has 3 heteroatoms. The van der Waals surface area contributed by atoms with E-state index in [9.17, 15) is 13.6 Å². The maximum Gasteiger partial charge on any atom is 0.248 e. The summed E-state index contributed by atoms with van der Waals surface area (Å²) in [6.45, 7) is 2.43. The number of carbonyl (C=O) groups excluding carboxylic acids is 1. The summed E-state index contributed by atoms with van der Waals surface area (Å²) in [6, 6.07) is 0. The van der Waals surface area contributed by atoms with E-state index in [1.165, 1.54) is 6.92 Å². The van der Waals surface area contributed by atoms with Crippen LogP contribution in [0, 0.1) is 11.8 Å². The quantitative estimate of drug-likeness (QED) is 0.632. The monoisotopic (exact) mass is 176 g/mol. The standard InChI is InChI=1S/C9H14F2O/c1-6(12)7-3-4-8(5-7)9(2,10)11/h7-8H,3-5H2,1-2H3/t7-,8-/m1/s1. The lowest BCUT2D eigenvalue weighted by Gasteiger charge is -2.17. The van der Waals surface area contributed by atoms with Crippen molar-refractivity contribution in [1.82, 2.24) is 0 Å². The predicted molar refractivity (Wildman–Crippen MR) is 42.1 cm³/mol. The maximum atomic E-state index is 12.8. The maximum absolute atomic E-state index is 12.8. The first-order valence-electron chi connectivity index (χ1n) is 4.29. The van der Waals surface area contributed by atoms with Gasteiger partial charge in [0.2, 0.25) is 5.92 Å². The summed E-state index contributed by atoms with van der Waals surface area (Å²) >= 11 is 0.